The molecule has 42 heavy (non-hydrogen) atoms. The van der Waals surface area contributed by atoms with Gasteiger partial charge in [-0.05, 0) is 90.3 Å². The Morgan fingerprint density at radius 2 is 1.74 bits per heavy atom. The number of hydrogen-bond donors (Lipinski definition) is 1. The molecule has 1 aromatic carbocycles. The van der Waals surface area contributed by atoms with E-state index in [2.05, 4.69) is 16.3 Å². The summed E-state index contributed by atoms with van der Waals surface area (Å²) in [5, 5.41) is 2.38. The molecule has 0 bridgehead atoms. The van der Waals surface area contributed by atoms with E-state index in [1.165, 1.54) is 18.4 Å². The molecule has 1 atom stereocenters. The van der Waals surface area contributed by atoms with Crippen molar-refractivity contribution in [3.05, 3.63) is 28.8 Å². The van der Waals surface area contributed by atoms with Gasteiger partial charge in [-0.25, -0.2) is 4.79 Å². The summed E-state index contributed by atoms with van der Waals surface area (Å²) in [6.45, 7) is 10.4. The fourth-order valence-corrected chi connectivity index (χ4v) is 8.31. The number of ether oxygens (including phenoxy) is 2. The lowest BCUT2D eigenvalue weighted by Gasteiger charge is -2.56. The number of nitrogens with one attached hydrogen (secondary N) is 1. The zero-order chi connectivity index (χ0) is 29.4. The van der Waals surface area contributed by atoms with Crippen LogP contribution in [0.2, 0.25) is 0 Å². The Hall–Kier alpha value is -3.14. The SMILES string of the molecule is CC(C)(C)OC(=O)N1CCC2(CC1)CC(N1CCC3(CC1)COc1c3ccc3c1CN([C@H]1CCC(=O)NC1=O)C3=O)C2. The van der Waals surface area contributed by atoms with Crippen LogP contribution in [0.1, 0.15) is 93.6 Å². The molecule has 7 rings (SSSR count). The van der Waals surface area contributed by atoms with Crippen molar-refractivity contribution in [3.8, 4) is 5.75 Å². The minimum atomic E-state index is -0.618. The molecule has 1 N–H and O–H groups in total. The van der Waals surface area contributed by atoms with E-state index in [1.54, 1.807) is 4.90 Å². The summed E-state index contributed by atoms with van der Waals surface area (Å²) < 4.78 is 11.9. The van der Waals surface area contributed by atoms with Gasteiger partial charge in [-0.1, -0.05) is 6.07 Å². The molecule has 1 saturated carbocycles. The molecule has 5 heterocycles. The molecule has 6 aliphatic rings. The molecular weight excluding hydrogens is 536 g/mol. The summed E-state index contributed by atoms with van der Waals surface area (Å²) in [5.41, 5.74) is 2.58. The van der Waals surface area contributed by atoms with Crippen LogP contribution in [0.4, 0.5) is 4.79 Å². The van der Waals surface area contributed by atoms with Crippen LogP contribution in [0.3, 0.4) is 0 Å². The van der Waals surface area contributed by atoms with Gasteiger partial charge in [0, 0.05) is 47.7 Å². The minimum Gasteiger partial charge on any atom is -0.492 e. The predicted molar refractivity (Wildman–Crippen MR) is 153 cm³/mol. The van der Waals surface area contributed by atoms with Crippen LogP contribution in [0.25, 0.3) is 0 Å². The maximum atomic E-state index is 13.3. The summed E-state index contributed by atoms with van der Waals surface area (Å²) in [6.07, 6.45) is 7.01. The lowest BCUT2D eigenvalue weighted by molar-refractivity contribution is -0.136. The zero-order valence-electron chi connectivity index (χ0n) is 25.0. The van der Waals surface area contributed by atoms with Gasteiger partial charge in [0.1, 0.15) is 17.4 Å². The number of carbonyl (C=O) groups excluding carboxylic acids is 4. The molecule has 10 heteroatoms. The van der Waals surface area contributed by atoms with Crippen molar-refractivity contribution >= 4 is 23.8 Å². The van der Waals surface area contributed by atoms with Crippen LogP contribution >= 0.6 is 0 Å². The van der Waals surface area contributed by atoms with E-state index in [0.29, 0.717) is 36.6 Å². The van der Waals surface area contributed by atoms with Crippen molar-refractivity contribution in [1.29, 1.82) is 0 Å². The second kappa shape index (κ2) is 9.69. The summed E-state index contributed by atoms with van der Waals surface area (Å²) in [6, 6.07) is 3.99. The van der Waals surface area contributed by atoms with Crippen LogP contribution in [-0.2, 0) is 26.3 Å². The smallest absolute Gasteiger partial charge is 0.410 e. The van der Waals surface area contributed by atoms with Gasteiger partial charge in [-0.2, -0.15) is 0 Å². The third-order valence-electron chi connectivity index (χ3n) is 10.8. The van der Waals surface area contributed by atoms with Gasteiger partial charge >= 0.3 is 6.09 Å². The Morgan fingerprint density at radius 1 is 1.02 bits per heavy atom. The third kappa shape index (κ3) is 4.57. The van der Waals surface area contributed by atoms with Crippen LogP contribution in [-0.4, -0.2) is 89.0 Å². The summed E-state index contributed by atoms with van der Waals surface area (Å²) in [7, 11) is 0. The molecule has 226 valence electrons. The van der Waals surface area contributed by atoms with Gasteiger partial charge in [-0.3, -0.25) is 19.7 Å². The Kier molecular flexibility index (Phi) is 6.39. The largest absolute Gasteiger partial charge is 0.492 e. The van der Waals surface area contributed by atoms with E-state index < -0.39 is 11.6 Å². The third-order valence-corrected chi connectivity index (χ3v) is 10.8. The quantitative estimate of drug-likeness (QED) is 0.536. The molecule has 10 nitrogen and oxygen atoms in total. The van der Waals surface area contributed by atoms with E-state index in [9.17, 15) is 19.2 Å². The molecule has 2 spiro atoms. The maximum Gasteiger partial charge on any atom is 0.410 e. The number of nitrogens with zero attached hydrogens (tertiary/aromatic N) is 3. The fourth-order valence-electron chi connectivity index (χ4n) is 8.31. The molecule has 5 aliphatic heterocycles. The normalized spacial score (nSPS) is 27.0. The molecule has 3 saturated heterocycles. The molecule has 0 aromatic heterocycles. The first-order chi connectivity index (χ1) is 20.0. The van der Waals surface area contributed by atoms with Crippen molar-refractivity contribution in [2.24, 2.45) is 5.41 Å². The second-order valence-electron chi connectivity index (χ2n) is 14.5. The zero-order valence-corrected chi connectivity index (χ0v) is 25.0. The van der Waals surface area contributed by atoms with Gasteiger partial charge in [0.05, 0.1) is 13.2 Å². The molecule has 0 unspecified atom stereocenters. The lowest BCUT2D eigenvalue weighted by Crippen LogP contribution is -2.58. The van der Waals surface area contributed by atoms with Gasteiger partial charge in [0.2, 0.25) is 11.8 Å². The Morgan fingerprint density at radius 3 is 2.40 bits per heavy atom. The highest BCUT2D eigenvalue weighted by Crippen LogP contribution is 2.54. The fraction of sp³-hybridized carbons (Fsp3) is 0.688. The van der Waals surface area contributed by atoms with Crippen LogP contribution < -0.4 is 10.1 Å². The molecule has 1 aliphatic carbocycles. The molecule has 4 amide bonds. The first-order valence-corrected chi connectivity index (χ1v) is 15.6. The number of fused-ring (bicyclic) bond motifs is 4. The van der Waals surface area contributed by atoms with E-state index >= 15 is 0 Å². The number of imide groups is 1. The Balaban J connectivity index is 0.956. The van der Waals surface area contributed by atoms with Crippen LogP contribution in [0, 0.1) is 5.41 Å². The standard InChI is InChI=1S/C32H42N4O6/c1-30(2,3)42-29(40)35-12-8-31(9-13-35)16-20(17-31)34-14-10-32(11-15-34)19-41-26-22-18-36(24-6-7-25(37)33-27(24)38)28(39)21(22)4-5-23(26)32/h4-5,20,24H,6-19H2,1-3H3,(H,33,37,38)/t24-/m0/s1. The number of benzene rings is 1. The summed E-state index contributed by atoms with van der Waals surface area (Å²) in [4.78, 5) is 56.0. The molecular formula is C32H42N4O6. The predicted octanol–water partition coefficient (Wildman–Crippen LogP) is 3.35. The molecule has 0 radical (unpaired) electrons. The number of piperidine rings is 3. The first kappa shape index (κ1) is 27.7. The highest BCUT2D eigenvalue weighted by Gasteiger charge is 2.52. The minimum absolute atomic E-state index is 0.0356. The van der Waals surface area contributed by atoms with Crippen molar-refractivity contribution in [1.82, 2.24) is 20.0 Å². The van der Waals surface area contributed by atoms with E-state index in [-0.39, 0.29) is 35.7 Å². The van der Waals surface area contributed by atoms with Crippen molar-refractivity contribution in [2.75, 3.05) is 32.8 Å². The monoisotopic (exact) mass is 578 g/mol. The van der Waals surface area contributed by atoms with Crippen LogP contribution in [0.15, 0.2) is 12.1 Å². The van der Waals surface area contributed by atoms with Gasteiger partial charge in [0.15, 0.2) is 0 Å². The number of likely N-dealkylation sites (tertiary alicyclic amines) is 2. The number of rotatable bonds is 2. The highest BCUT2D eigenvalue weighted by molar-refractivity contribution is 6.05. The van der Waals surface area contributed by atoms with Gasteiger partial charge in [0.25, 0.3) is 5.91 Å². The second-order valence-corrected chi connectivity index (χ2v) is 14.5. The first-order valence-electron chi connectivity index (χ1n) is 15.6. The average Bonchev–Trinajstić information content (AvgIpc) is 3.45. The van der Waals surface area contributed by atoms with Gasteiger partial charge in [-0.15, -0.1) is 0 Å². The van der Waals surface area contributed by atoms with Crippen LogP contribution in [0.5, 0.6) is 5.75 Å². The van der Waals surface area contributed by atoms with E-state index in [1.807, 2.05) is 31.7 Å². The number of amides is 4. The summed E-state index contributed by atoms with van der Waals surface area (Å²) >= 11 is 0. The van der Waals surface area contributed by atoms with Crippen molar-refractivity contribution in [3.63, 3.8) is 0 Å². The number of hydrogen-bond acceptors (Lipinski definition) is 7. The molecule has 1 aromatic rings. The maximum absolute atomic E-state index is 13.3. The number of carbonyl (C=O) groups is 4. The van der Waals surface area contributed by atoms with E-state index in [0.717, 1.165) is 63.2 Å². The summed E-state index contributed by atoms with van der Waals surface area (Å²) in [5.74, 6) is 0.0136. The average molecular weight is 579 g/mol. The Labute approximate surface area is 247 Å². The van der Waals surface area contributed by atoms with E-state index in [4.69, 9.17) is 9.47 Å². The van der Waals surface area contributed by atoms with Crippen molar-refractivity contribution < 1.29 is 28.7 Å². The molecule has 4 fully saturated rings. The van der Waals surface area contributed by atoms with Crippen molar-refractivity contribution in [2.45, 2.75) is 102 Å². The topological polar surface area (TPSA) is 108 Å². The van der Waals surface area contributed by atoms with Gasteiger partial charge < -0.3 is 24.2 Å². The lowest BCUT2D eigenvalue weighted by atomic mass is 9.59. The highest BCUT2D eigenvalue weighted by atomic mass is 16.6. The Bertz CT molecular complexity index is 1330.